The van der Waals surface area contributed by atoms with Gasteiger partial charge in [0.2, 0.25) is 5.91 Å². The van der Waals surface area contributed by atoms with E-state index in [1.165, 1.54) is 18.4 Å². The highest BCUT2D eigenvalue weighted by Gasteiger charge is 2.05. The van der Waals surface area contributed by atoms with Gasteiger partial charge in [-0.1, -0.05) is 54.8 Å². The zero-order chi connectivity index (χ0) is 14.1. The van der Waals surface area contributed by atoms with Crippen LogP contribution in [0.25, 0.3) is 0 Å². The summed E-state index contributed by atoms with van der Waals surface area (Å²) in [5.74, 6) is 0.110. The van der Waals surface area contributed by atoms with Gasteiger partial charge < -0.3 is 5.32 Å². The summed E-state index contributed by atoms with van der Waals surface area (Å²) in [6.45, 7) is 4.29. The number of carbonyl (C=O) groups is 1. The molecule has 0 aliphatic heterocycles. The first kappa shape index (κ1) is 16.2. The fourth-order valence-electron chi connectivity index (χ4n) is 1.96. The van der Waals surface area contributed by atoms with Crippen LogP contribution in [-0.4, -0.2) is 10.7 Å². The van der Waals surface area contributed by atoms with Crippen molar-refractivity contribution in [3.05, 3.63) is 29.8 Å². The standard InChI is InChI=1S/C16H24BrNO/c1-3-5-7-16(19)18-15-10-8-13(9-11-15)12-14(17)6-4-2/h8-11,14H,3-7,12H2,1-2H3,(H,18,19). The first-order valence-electron chi connectivity index (χ1n) is 7.18. The van der Waals surface area contributed by atoms with E-state index in [9.17, 15) is 4.79 Å². The summed E-state index contributed by atoms with van der Waals surface area (Å²) in [6.07, 6.45) is 6.04. The number of alkyl halides is 1. The third kappa shape index (κ3) is 6.76. The van der Waals surface area contributed by atoms with Gasteiger partial charge in [-0.2, -0.15) is 0 Å². The van der Waals surface area contributed by atoms with Crippen molar-refractivity contribution in [2.45, 2.75) is 57.2 Å². The van der Waals surface area contributed by atoms with Gasteiger partial charge in [-0.05, 0) is 37.0 Å². The summed E-state index contributed by atoms with van der Waals surface area (Å²) >= 11 is 3.69. The minimum absolute atomic E-state index is 0.110. The Morgan fingerprint density at radius 1 is 1.21 bits per heavy atom. The molecule has 0 aliphatic carbocycles. The van der Waals surface area contributed by atoms with Gasteiger partial charge in [0.25, 0.3) is 0 Å². The molecule has 0 spiro atoms. The lowest BCUT2D eigenvalue weighted by atomic mass is 10.1. The van der Waals surface area contributed by atoms with Crippen LogP contribution in [-0.2, 0) is 11.2 Å². The van der Waals surface area contributed by atoms with Gasteiger partial charge in [0.15, 0.2) is 0 Å². The van der Waals surface area contributed by atoms with Gasteiger partial charge in [0.1, 0.15) is 0 Å². The van der Waals surface area contributed by atoms with Crippen LogP contribution >= 0.6 is 15.9 Å². The van der Waals surface area contributed by atoms with Gasteiger partial charge >= 0.3 is 0 Å². The third-order valence-electron chi connectivity index (χ3n) is 3.05. The summed E-state index contributed by atoms with van der Waals surface area (Å²) in [4.78, 5) is 12.1. The fourth-order valence-corrected chi connectivity index (χ4v) is 2.79. The molecule has 1 aromatic rings. The van der Waals surface area contributed by atoms with E-state index in [0.717, 1.165) is 24.9 Å². The number of amides is 1. The number of benzene rings is 1. The topological polar surface area (TPSA) is 29.1 Å². The maximum absolute atomic E-state index is 11.6. The molecule has 0 aromatic heterocycles. The van der Waals surface area contributed by atoms with Crippen LogP contribution in [0.1, 0.15) is 51.5 Å². The van der Waals surface area contributed by atoms with Crippen molar-refractivity contribution in [2.24, 2.45) is 0 Å². The molecule has 0 fully saturated rings. The molecule has 0 saturated carbocycles. The predicted octanol–water partition coefficient (Wildman–Crippen LogP) is 4.92. The Labute approximate surface area is 125 Å². The number of hydrogen-bond acceptors (Lipinski definition) is 1. The molecule has 2 nitrogen and oxygen atoms in total. The third-order valence-corrected chi connectivity index (χ3v) is 3.84. The molecule has 1 amide bonds. The number of anilines is 1. The summed E-state index contributed by atoms with van der Waals surface area (Å²) in [5.41, 5.74) is 2.20. The summed E-state index contributed by atoms with van der Waals surface area (Å²) in [6, 6.07) is 8.17. The Balaban J connectivity index is 2.45. The van der Waals surface area contributed by atoms with Crippen LogP contribution in [0.5, 0.6) is 0 Å². The van der Waals surface area contributed by atoms with Crippen LogP contribution in [0.3, 0.4) is 0 Å². The van der Waals surface area contributed by atoms with Crippen molar-refractivity contribution in [2.75, 3.05) is 5.32 Å². The van der Waals surface area contributed by atoms with E-state index in [1.54, 1.807) is 0 Å². The molecule has 1 N–H and O–H groups in total. The van der Waals surface area contributed by atoms with E-state index in [1.807, 2.05) is 12.1 Å². The zero-order valence-corrected chi connectivity index (χ0v) is 13.5. The van der Waals surface area contributed by atoms with Crippen molar-refractivity contribution in [1.82, 2.24) is 0 Å². The van der Waals surface area contributed by atoms with Crippen molar-refractivity contribution < 1.29 is 4.79 Å². The highest BCUT2D eigenvalue weighted by Crippen LogP contribution is 2.17. The molecule has 0 radical (unpaired) electrons. The molecule has 0 bridgehead atoms. The molecule has 1 rings (SSSR count). The molecule has 1 unspecified atom stereocenters. The van der Waals surface area contributed by atoms with E-state index in [-0.39, 0.29) is 5.91 Å². The van der Waals surface area contributed by atoms with Crippen molar-refractivity contribution >= 4 is 27.5 Å². The van der Waals surface area contributed by atoms with Crippen LogP contribution in [0.2, 0.25) is 0 Å². The summed E-state index contributed by atoms with van der Waals surface area (Å²) in [7, 11) is 0. The van der Waals surface area contributed by atoms with Gasteiger partial charge in [-0.3, -0.25) is 4.79 Å². The largest absolute Gasteiger partial charge is 0.326 e. The van der Waals surface area contributed by atoms with E-state index < -0.39 is 0 Å². The first-order valence-corrected chi connectivity index (χ1v) is 8.10. The van der Waals surface area contributed by atoms with Crippen LogP contribution in [0.4, 0.5) is 5.69 Å². The first-order chi connectivity index (χ1) is 9.15. The van der Waals surface area contributed by atoms with E-state index >= 15 is 0 Å². The number of hydrogen-bond donors (Lipinski definition) is 1. The average Bonchev–Trinajstić information content (AvgIpc) is 2.39. The molecule has 0 aliphatic rings. The fraction of sp³-hybridized carbons (Fsp3) is 0.562. The minimum Gasteiger partial charge on any atom is -0.326 e. The Morgan fingerprint density at radius 3 is 2.47 bits per heavy atom. The smallest absolute Gasteiger partial charge is 0.224 e. The minimum atomic E-state index is 0.110. The molecule has 1 aromatic carbocycles. The normalized spacial score (nSPS) is 12.2. The molecule has 3 heteroatoms. The SMILES string of the molecule is CCCCC(=O)Nc1ccc(CC(Br)CCC)cc1. The highest BCUT2D eigenvalue weighted by molar-refractivity contribution is 9.09. The lowest BCUT2D eigenvalue weighted by molar-refractivity contribution is -0.116. The van der Waals surface area contributed by atoms with Gasteiger partial charge in [0.05, 0.1) is 0 Å². The molecular formula is C16H24BrNO. The van der Waals surface area contributed by atoms with E-state index in [4.69, 9.17) is 0 Å². The quantitative estimate of drug-likeness (QED) is 0.675. The number of rotatable bonds is 8. The molecule has 106 valence electrons. The van der Waals surface area contributed by atoms with Crippen molar-refractivity contribution in [3.8, 4) is 0 Å². The number of unbranched alkanes of at least 4 members (excludes halogenated alkanes) is 1. The van der Waals surface area contributed by atoms with Gasteiger partial charge in [0, 0.05) is 16.9 Å². The summed E-state index contributed by atoms with van der Waals surface area (Å²) < 4.78 is 0. The Hall–Kier alpha value is -0.830. The second-order valence-corrected chi connectivity index (χ2v) is 6.23. The average molecular weight is 326 g/mol. The molecule has 1 atom stereocenters. The zero-order valence-electron chi connectivity index (χ0n) is 11.9. The van der Waals surface area contributed by atoms with E-state index in [0.29, 0.717) is 11.2 Å². The predicted molar refractivity (Wildman–Crippen MR) is 85.9 cm³/mol. The van der Waals surface area contributed by atoms with Crippen LogP contribution in [0, 0.1) is 0 Å². The lowest BCUT2D eigenvalue weighted by Gasteiger charge is -2.09. The molecule has 0 saturated heterocycles. The highest BCUT2D eigenvalue weighted by atomic mass is 79.9. The number of carbonyl (C=O) groups excluding carboxylic acids is 1. The molecular weight excluding hydrogens is 302 g/mol. The van der Waals surface area contributed by atoms with Gasteiger partial charge in [-0.15, -0.1) is 0 Å². The number of nitrogens with one attached hydrogen (secondary N) is 1. The van der Waals surface area contributed by atoms with E-state index in [2.05, 4.69) is 47.2 Å². The van der Waals surface area contributed by atoms with Gasteiger partial charge in [-0.25, -0.2) is 0 Å². The molecule has 19 heavy (non-hydrogen) atoms. The maximum atomic E-state index is 11.6. The summed E-state index contributed by atoms with van der Waals surface area (Å²) in [5, 5.41) is 2.93. The second kappa shape index (κ2) is 9.13. The van der Waals surface area contributed by atoms with Crippen molar-refractivity contribution in [3.63, 3.8) is 0 Å². The Morgan fingerprint density at radius 2 is 1.89 bits per heavy atom. The lowest BCUT2D eigenvalue weighted by Crippen LogP contribution is -2.11. The maximum Gasteiger partial charge on any atom is 0.224 e. The van der Waals surface area contributed by atoms with Crippen LogP contribution in [0.15, 0.2) is 24.3 Å². The number of halogens is 1. The van der Waals surface area contributed by atoms with Crippen molar-refractivity contribution in [1.29, 1.82) is 0 Å². The monoisotopic (exact) mass is 325 g/mol. The van der Waals surface area contributed by atoms with Crippen LogP contribution < -0.4 is 5.32 Å². The Kier molecular flexibility index (Phi) is 7.80. The molecule has 0 heterocycles. The second-order valence-electron chi connectivity index (χ2n) is 4.94. The Bertz CT molecular complexity index is 375.